The van der Waals surface area contributed by atoms with Gasteiger partial charge in [-0.1, -0.05) is 0 Å². The maximum absolute atomic E-state index is 12.2. The van der Waals surface area contributed by atoms with Crippen molar-refractivity contribution in [3.63, 3.8) is 0 Å². The van der Waals surface area contributed by atoms with Crippen LogP contribution in [0.2, 0.25) is 0 Å². The molecule has 2 aliphatic rings. The van der Waals surface area contributed by atoms with Crippen molar-refractivity contribution in [2.45, 2.75) is 51.4 Å². The van der Waals surface area contributed by atoms with E-state index in [2.05, 4.69) is 15.5 Å². The topological polar surface area (TPSA) is 67.0 Å². The van der Waals surface area contributed by atoms with E-state index in [9.17, 15) is 4.79 Å². The fraction of sp³-hybridized carbons (Fsp3) is 0.667. The normalized spacial score (nSPS) is 30.8. The highest BCUT2D eigenvalue weighted by atomic mass is 16.5. The third-order valence-electron chi connectivity index (χ3n) is 3.78. The van der Waals surface area contributed by atoms with Crippen LogP contribution in [0.5, 0.6) is 0 Å². The van der Waals surface area contributed by atoms with E-state index in [1.807, 2.05) is 13.8 Å². The molecule has 2 fully saturated rings. The van der Waals surface area contributed by atoms with Crippen LogP contribution in [0.1, 0.15) is 41.0 Å². The highest BCUT2D eigenvalue weighted by Crippen LogP contribution is 2.34. The Kier molecular flexibility index (Phi) is 2.43. The van der Waals surface area contributed by atoms with E-state index in [0.717, 1.165) is 30.7 Å². The fourth-order valence-electron chi connectivity index (χ4n) is 2.92. The summed E-state index contributed by atoms with van der Waals surface area (Å²) in [6.45, 7) is 3.71. The van der Waals surface area contributed by atoms with Gasteiger partial charge in [-0.25, -0.2) is 0 Å². The van der Waals surface area contributed by atoms with Gasteiger partial charge in [-0.3, -0.25) is 9.89 Å². The molecule has 3 rings (SSSR count). The van der Waals surface area contributed by atoms with Crippen molar-refractivity contribution in [2.75, 3.05) is 0 Å². The Morgan fingerprint density at radius 3 is 2.82 bits per heavy atom. The van der Waals surface area contributed by atoms with Crippen molar-refractivity contribution >= 4 is 5.91 Å². The van der Waals surface area contributed by atoms with Gasteiger partial charge in [0, 0.05) is 5.69 Å². The smallest absolute Gasteiger partial charge is 0.255 e. The number of rotatable bonds is 2. The number of aromatic amines is 1. The Labute approximate surface area is 99.9 Å². The lowest BCUT2D eigenvalue weighted by molar-refractivity contribution is 0.0840. The number of fused-ring (bicyclic) bond motifs is 2. The molecule has 92 valence electrons. The summed E-state index contributed by atoms with van der Waals surface area (Å²) in [5.74, 6) is -0.0325. The van der Waals surface area contributed by atoms with E-state index in [0.29, 0.717) is 11.7 Å². The molecule has 1 aromatic rings. The van der Waals surface area contributed by atoms with Gasteiger partial charge < -0.3 is 10.1 Å². The van der Waals surface area contributed by atoms with E-state index < -0.39 is 0 Å². The number of hydrogen-bond donors (Lipinski definition) is 2. The van der Waals surface area contributed by atoms with Gasteiger partial charge in [0.05, 0.1) is 29.5 Å². The summed E-state index contributed by atoms with van der Waals surface area (Å²) < 4.78 is 5.73. The summed E-state index contributed by atoms with van der Waals surface area (Å²) in [5, 5.41) is 9.95. The lowest BCUT2D eigenvalue weighted by Crippen LogP contribution is -2.41. The number of carbonyl (C=O) groups is 1. The van der Waals surface area contributed by atoms with Crippen molar-refractivity contribution < 1.29 is 9.53 Å². The molecule has 1 amide bonds. The van der Waals surface area contributed by atoms with E-state index in [1.165, 1.54) is 0 Å². The van der Waals surface area contributed by atoms with Crippen LogP contribution in [0, 0.1) is 13.8 Å². The number of carbonyl (C=O) groups excluding carboxylic acids is 1. The van der Waals surface area contributed by atoms with Crippen molar-refractivity contribution in [2.24, 2.45) is 0 Å². The van der Waals surface area contributed by atoms with Crippen LogP contribution in [0.4, 0.5) is 0 Å². The summed E-state index contributed by atoms with van der Waals surface area (Å²) in [4.78, 5) is 12.2. The second-order valence-corrected chi connectivity index (χ2v) is 5.00. The van der Waals surface area contributed by atoms with E-state index in [-0.39, 0.29) is 18.1 Å². The van der Waals surface area contributed by atoms with Crippen LogP contribution >= 0.6 is 0 Å². The van der Waals surface area contributed by atoms with Crippen LogP contribution in [-0.4, -0.2) is 34.4 Å². The molecule has 0 saturated carbocycles. The highest BCUT2D eigenvalue weighted by molar-refractivity contribution is 5.96. The highest BCUT2D eigenvalue weighted by Gasteiger charge is 2.41. The molecule has 0 aliphatic carbocycles. The SMILES string of the molecule is Cc1n[nH]c(C)c1C(=O)NC1CC2CCC1O2. The predicted octanol–water partition coefficient (Wildman–Crippen LogP) is 1.08. The van der Waals surface area contributed by atoms with Crippen LogP contribution in [0.3, 0.4) is 0 Å². The predicted molar refractivity (Wildman–Crippen MR) is 61.8 cm³/mol. The first-order valence-electron chi connectivity index (χ1n) is 6.13. The fourth-order valence-corrected chi connectivity index (χ4v) is 2.92. The Balaban J connectivity index is 1.72. The molecule has 0 spiro atoms. The molecule has 0 aromatic carbocycles. The van der Waals surface area contributed by atoms with Gasteiger partial charge in [0.15, 0.2) is 0 Å². The van der Waals surface area contributed by atoms with Gasteiger partial charge in [0.2, 0.25) is 0 Å². The average Bonchev–Trinajstić information content (AvgIpc) is 2.94. The average molecular weight is 235 g/mol. The maximum atomic E-state index is 12.2. The summed E-state index contributed by atoms with van der Waals surface area (Å²) in [6, 6.07) is 0.176. The molecular weight excluding hydrogens is 218 g/mol. The van der Waals surface area contributed by atoms with Crippen LogP contribution in [-0.2, 0) is 4.74 Å². The summed E-state index contributed by atoms with van der Waals surface area (Å²) in [7, 11) is 0. The van der Waals surface area contributed by atoms with E-state index in [4.69, 9.17) is 4.74 Å². The summed E-state index contributed by atoms with van der Waals surface area (Å²) in [6.07, 6.45) is 3.74. The number of aromatic nitrogens is 2. The minimum Gasteiger partial charge on any atom is -0.373 e. The molecule has 5 nitrogen and oxygen atoms in total. The second-order valence-electron chi connectivity index (χ2n) is 5.00. The third kappa shape index (κ3) is 1.74. The minimum absolute atomic E-state index is 0.0325. The molecule has 1 aromatic heterocycles. The van der Waals surface area contributed by atoms with Crippen LogP contribution in [0.25, 0.3) is 0 Å². The number of hydrogen-bond acceptors (Lipinski definition) is 3. The zero-order valence-corrected chi connectivity index (χ0v) is 10.1. The standard InChI is InChI=1S/C12H17N3O2/c1-6-11(7(2)15-14-6)12(16)13-9-5-8-3-4-10(9)17-8/h8-10H,3-5H2,1-2H3,(H,13,16)(H,14,15). The van der Waals surface area contributed by atoms with E-state index >= 15 is 0 Å². The van der Waals surface area contributed by atoms with Crippen LogP contribution in [0.15, 0.2) is 0 Å². The molecule has 17 heavy (non-hydrogen) atoms. The first kappa shape index (κ1) is 10.8. The number of H-pyrrole nitrogens is 1. The molecule has 3 unspecified atom stereocenters. The largest absolute Gasteiger partial charge is 0.373 e. The van der Waals surface area contributed by atoms with Crippen molar-refractivity contribution in [3.05, 3.63) is 17.0 Å². The molecule has 3 atom stereocenters. The number of amides is 1. The minimum atomic E-state index is -0.0325. The quantitative estimate of drug-likeness (QED) is 0.806. The van der Waals surface area contributed by atoms with Gasteiger partial charge in [0.25, 0.3) is 5.91 Å². The Morgan fingerprint density at radius 2 is 2.29 bits per heavy atom. The number of nitrogens with one attached hydrogen (secondary N) is 2. The lowest BCUT2D eigenvalue weighted by atomic mass is 9.95. The molecule has 3 heterocycles. The first-order chi connectivity index (χ1) is 8.15. The van der Waals surface area contributed by atoms with E-state index in [1.54, 1.807) is 0 Å². The molecule has 2 bridgehead atoms. The molecule has 2 N–H and O–H groups in total. The van der Waals surface area contributed by atoms with Gasteiger partial charge in [-0.15, -0.1) is 0 Å². The Bertz CT molecular complexity index is 435. The monoisotopic (exact) mass is 235 g/mol. The van der Waals surface area contributed by atoms with Crippen molar-refractivity contribution in [3.8, 4) is 0 Å². The molecule has 0 radical (unpaired) electrons. The van der Waals surface area contributed by atoms with Crippen molar-refractivity contribution in [1.29, 1.82) is 0 Å². The first-order valence-corrected chi connectivity index (χ1v) is 6.13. The van der Waals surface area contributed by atoms with Crippen LogP contribution < -0.4 is 5.32 Å². The zero-order valence-electron chi connectivity index (χ0n) is 10.1. The maximum Gasteiger partial charge on any atom is 0.255 e. The third-order valence-corrected chi connectivity index (χ3v) is 3.78. The summed E-state index contributed by atoms with van der Waals surface area (Å²) in [5.41, 5.74) is 2.25. The Hall–Kier alpha value is -1.36. The molecular formula is C12H17N3O2. The number of nitrogens with zero attached hydrogens (tertiary/aromatic N) is 1. The Morgan fingerprint density at radius 1 is 1.47 bits per heavy atom. The number of aryl methyl sites for hydroxylation is 2. The second kappa shape index (κ2) is 3.84. The van der Waals surface area contributed by atoms with Gasteiger partial charge in [-0.2, -0.15) is 5.10 Å². The van der Waals surface area contributed by atoms with Gasteiger partial charge in [-0.05, 0) is 33.1 Å². The van der Waals surface area contributed by atoms with Gasteiger partial charge in [0.1, 0.15) is 0 Å². The van der Waals surface area contributed by atoms with Gasteiger partial charge >= 0.3 is 0 Å². The number of ether oxygens (including phenoxy) is 1. The molecule has 5 heteroatoms. The molecule has 2 saturated heterocycles. The van der Waals surface area contributed by atoms with Crippen molar-refractivity contribution in [1.82, 2.24) is 15.5 Å². The molecule has 2 aliphatic heterocycles. The lowest BCUT2D eigenvalue weighted by Gasteiger charge is -2.20. The summed E-state index contributed by atoms with van der Waals surface area (Å²) >= 11 is 0. The zero-order chi connectivity index (χ0) is 12.0.